The van der Waals surface area contributed by atoms with Crippen molar-refractivity contribution in [2.75, 3.05) is 20.8 Å². The third kappa shape index (κ3) is 11.3. The summed E-state index contributed by atoms with van der Waals surface area (Å²) in [5.74, 6) is -0.919. The zero-order chi connectivity index (χ0) is 27.3. The molecule has 0 bridgehead atoms. The third-order valence-electron chi connectivity index (χ3n) is 7.41. The van der Waals surface area contributed by atoms with Crippen molar-refractivity contribution in [1.29, 1.82) is 0 Å². The molecule has 2 aromatic rings. The Balaban J connectivity index is 1.54. The van der Waals surface area contributed by atoms with Crippen LogP contribution in [0.3, 0.4) is 0 Å². The number of hydrogen-bond donors (Lipinski definition) is 0. The molecule has 4 nitrogen and oxygen atoms in total. The van der Waals surface area contributed by atoms with E-state index in [0.717, 1.165) is 12.2 Å². The molecule has 0 aromatic heterocycles. The van der Waals surface area contributed by atoms with E-state index in [1.807, 2.05) is 42.5 Å². The number of ether oxygens (including phenoxy) is 3. The largest absolute Gasteiger partial charge is 0.494 e. The van der Waals surface area contributed by atoms with Gasteiger partial charge in [0.25, 0.3) is 5.79 Å². The molecule has 4 heteroatoms. The number of ketones is 1. The molecule has 0 saturated carbocycles. The van der Waals surface area contributed by atoms with E-state index in [1.54, 1.807) is 12.1 Å². The molecule has 38 heavy (non-hydrogen) atoms. The summed E-state index contributed by atoms with van der Waals surface area (Å²) in [5, 5.41) is 0. The van der Waals surface area contributed by atoms with E-state index in [-0.39, 0.29) is 5.78 Å². The number of hydrogen-bond acceptors (Lipinski definition) is 4. The van der Waals surface area contributed by atoms with Gasteiger partial charge in [0.1, 0.15) is 5.75 Å². The van der Waals surface area contributed by atoms with Gasteiger partial charge in [-0.1, -0.05) is 134 Å². The van der Waals surface area contributed by atoms with E-state index in [9.17, 15) is 4.79 Å². The summed E-state index contributed by atoms with van der Waals surface area (Å²) in [6.45, 7) is 2.99. The number of Topliss-reactive ketones (excluding diaryl/α,β-unsaturated/α-hetero) is 1. The molecule has 0 radical (unpaired) electrons. The summed E-state index contributed by atoms with van der Waals surface area (Å²) in [5.41, 5.74) is 1.19. The molecule has 0 heterocycles. The Hall–Kier alpha value is -2.17. The quantitative estimate of drug-likeness (QED) is 0.0824. The molecular formula is C34H52O4. The lowest BCUT2D eigenvalue weighted by Crippen LogP contribution is -2.39. The second-order valence-corrected chi connectivity index (χ2v) is 10.4. The smallest absolute Gasteiger partial charge is 0.260 e. The van der Waals surface area contributed by atoms with Gasteiger partial charge in [-0.25, -0.2) is 0 Å². The molecule has 2 aromatic carbocycles. The van der Waals surface area contributed by atoms with Gasteiger partial charge in [0.2, 0.25) is 5.78 Å². The highest BCUT2D eigenvalue weighted by Crippen LogP contribution is 2.31. The van der Waals surface area contributed by atoms with E-state index in [0.29, 0.717) is 17.7 Å². The summed E-state index contributed by atoms with van der Waals surface area (Å²) in [7, 11) is 2.98. The highest BCUT2D eigenvalue weighted by molar-refractivity contribution is 6.02. The number of carbonyl (C=O) groups excluding carboxylic acids is 1. The predicted octanol–water partition coefficient (Wildman–Crippen LogP) is 9.66. The molecule has 212 valence electrons. The Kier molecular flexibility index (Phi) is 16.7. The van der Waals surface area contributed by atoms with Crippen LogP contribution in [-0.2, 0) is 15.3 Å². The molecular weight excluding hydrogens is 472 g/mol. The predicted molar refractivity (Wildman–Crippen MR) is 158 cm³/mol. The van der Waals surface area contributed by atoms with Gasteiger partial charge in [-0.15, -0.1) is 0 Å². The van der Waals surface area contributed by atoms with Crippen LogP contribution in [0.5, 0.6) is 5.75 Å². The maximum Gasteiger partial charge on any atom is 0.260 e. The second-order valence-electron chi connectivity index (χ2n) is 10.4. The van der Waals surface area contributed by atoms with Crippen molar-refractivity contribution < 1.29 is 19.0 Å². The molecule has 0 unspecified atom stereocenters. The number of carbonyl (C=O) groups is 1. The SMILES string of the molecule is CCCCCCCCCCCCCCCCCCOc1ccc(C(=O)C(OC)(OC)c2ccccc2)cc1. The first-order chi connectivity index (χ1) is 18.7. The molecule has 0 fully saturated rings. The molecule has 2 rings (SSSR count). The van der Waals surface area contributed by atoms with Crippen LogP contribution >= 0.6 is 0 Å². The molecule has 0 N–H and O–H groups in total. The summed E-state index contributed by atoms with van der Waals surface area (Å²) >= 11 is 0. The minimum atomic E-state index is -1.46. The topological polar surface area (TPSA) is 44.8 Å². The van der Waals surface area contributed by atoms with E-state index in [1.165, 1.54) is 111 Å². The minimum Gasteiger partial charge on any atom is -0.494 e. The van der Waals surface area contributed by atoms with E-state index < -0.39 is 5.79 Å². The average Bonchev–Trinajstić information content (AvgIpc) is 2.96. The maximum absolute atomic E-state index is 13.3. The highest BCUT2D eigenvalue weighted by atomic mass is 16.7. The van der Waals surface area contributed by atoms with Crippen LogP contribution in [0.1, 0.15) is 126 Å². The van der Waals surface area contributed by atoms with Crippen LogP contribution in [0.25, 0.3) is 0 Å². The summed E-state index contributed by atoms with van der Waals surface area (Å²) in [6.07, 6.45) is 21.8. The van der Waals surface area contributed by atoms with E-state index >= 15 is 0 Å². The van der Waals surface area contributed by atoms with Gasteiger partial charge in [0.05, 0.1) is 6.61 Å². The molecule has 0 aliphatic heterocycles. The number of benzene rings is 2. The number of unbranched alkanes of at least 4 members (excludes halogenated alkanes) is 15. The summed E-state index contributed by atoms with van der Waals surface area (Å²) < 4.78 is 17.1. The number of methoxy groups -OCH3 is 2. The molecule has 0 spiro atoms. The van der Waals surface area contributed by atoms with Gasteiger partial charge in [0, 0.05) is 25.3 Å². The van der Waals surface area contributed by atoms with Gasteiger partial charge in [-0.05, 0) is 30.7 Å². The molecule has 0 saturated heterocycles. The first-order valence-corrected chi connectivity index (χ1v) is 15.1. The highest BCUT2D eigenvalue weighted by Gasteiger charge is 2.41. The van der Waals surface area contributed by atoms with E-state index in [4.69, 9.17) is 14.2 Å². The Morgan fingerprint density at radius 2 is 1.05 bits per heavy atom. The second kappa shape index (κ2) is 19.8. The fourth-order valence-corrected chi connectivity index (χ4v) is 5.03. The van der Waals surface area contributed by atoms with Gasteiger partial charge >= 0.3 is 0 Å². The standard InChI is InChI=1S/C34H52O4/c1-4-5-6-7-8-9-10-11-12-13-14-15-16-17-18-22-29-38-32-27-25-30(26-28-32)33(35)34(36-2,37-3)31-23-20-19-21-24-31/h19-21,23-28H,4-18,22,29H2,1-3H3. The van der Waals surface area contributed by atoms with Crippen molar-refractivity contribution in [3.63, 3.8) is 0 Å². The Morgan fingerprint density at radius 3 is 1.50 bits per heavy atom. The third-order valence-corrected chi connectivity index (χ3v) is 7.41. The average molecular weight is 525 g/mol. The van der Waals surface area contributed by atoms with Gasteiger partial charge < -0.3 is 14.2 Å². The van der Waals surface area contributed by atoms with Gasteiger partial charge in [0.15, 0.2) is 0 Å². The Labute approximate surface area is 232 Å². The summed E-state index contributed by atoms with van der Waals surface area (Å²) in [6, 6.07) is 16.6. The minimum absolute atomic E-state index is 0.238. The van der Waals surface area contributed by atoms with E-state index in [2.05, 4.69) is 6.92 Å². The Bertz CT molecular complexity index is 843. The van der Waals surface area contributed by atoms with Crippen LogP contribution in [0.15, 0.2) is 54.6 Å². The van der Waals surface area contributed by atoms with Crippen LogP contribution in [0, 0.1) is 0 Å². The van der Waals surface area contributed by atoms with Crippen molar-refractivity contribution in [1.82, 2.24) is 0 Å². The number of rotatable bonds is 23. The zero-order valence-corrected chi connectivity index (χ0v) is 24.3. The maximum atomic E-state index is 13.3. The molecule has 0 aliphatic rings. The molecule has 0 atom stereocenters. The van der Waals surface area contributed by atoms with Gasteiger partial charge in [-0.2, -0.15) is 0 Å². The van der Waals surface area contributed by atoms with Crippen LogP contribution in [0.2, 0.25) is 0 Å². The Morgan fingerprint density at radius 1 is 0.605 bits per heavy atom. The summed E-state index contributed by atoms with van der Waals surface area (Å²) in [4.78, 5) is 13.3. The normalized spacial score (nSPS) is 11.6. The van der Waals surface area contributed by atoms with Crippen molar-refractivity contribution >= 4 is 5.78 Å². The lowest BCUT2D eigenvalue weighted by atomic mass is 9.96. The first kappa shape index (κ1) is 32.0. The fourth-order valence-electron chi connectivity index (χ4n) is 5.03. The molecule has 0 amide bonds. The fraction of sp³-hybridized carbons (Fsp3) is 0.618. The monoisotopic (exact) mass is 524 g/mol. The molecule has 0 aliphatic carbocycles. The van der Waals surface area contributed by atoms with Crippen molar-refractivity contribution in [3.8, 4) is 5.75 Å². The first-order valence-electron chi connectivity index (χ1n) is 15.1. The lowest BCUT2D eigenvalue weighted by Gasteiger charge is -2.29. The van der Waals surface area contributed by atoms with Crippen molar-refractivity contribution in [3.05, 3.63) is 65.7 Å². The van der Waals surface area contributed by atoms with Crippen molar-refractivity contribution in [2.45, 2.75) is 115 Å². The lowest BCUT2D eigenvalue weighted by molar-refractivity contribution is -0.176. The zero-order valence-electron chi connectivity index (χ0n) is 24.3. The van der Waals surface area contributed by atoms with Crippen LogP contribution in [-0.4, -0.2) is 26.6 Å². The van der Waals surface area contributed by atoms with Crippen molar-refractivity contribution in [2.24, 2.45) is 0 Å². The van der Waals surface area contributed by atoms with Crippen LogP contribution in [0.4, 0.5) is 0 Å². The van der Waals surface area contributed by atoms with Crippen LogP contribution < -0.4 is 4.74 Å². The van der Waals surface area contributed by atoms with Gasteiger partial charge in [-0.3, -0.25) is 4.79 Å².